The summed E-state index contributed by atoms with van der Waals surface area (Å²) < 4.78 is 14.1. The highest BCUT2D eigenvalue weighted by Crippen LogP contribution is 2.23. The van der Waals surface area contributed by atoms with Gasteiger partial charge in [0.2, 0.25) is 5.95 Å². The standard InChI is InChI=1S/C23H25FN6/c24-20-6-1-2-7-22(20)29-11-13-30(14-12-29)23-26-15-18-16-28(10-8-21(18)27-23)17-19-5-3-4-9-25-19/h1-7,9,15H,8,10-14,16-17H2. The van der Waals surface area contributed by atoms with Crippen LogP contribution in [0.25, 0.3) is 0 Å². The molecule has 2 aromatic heterocycles. The second-order valence-corrected chi connectivity index (χ2v) is 7.85. The third-order valence-electron chi connectivity index (χ3n) is 5.87. The maximum atomic E-state index is 14.1. The van der Waals surface area contributed by atoms with E-state index in [1.54, 1.807) is 6.07 Å². The molecule has 0 radical (unpaired) electrons. The van der Waals surface area contributed by atoms with Crippen LogP contribution in [0.3, 0.4) is 0 Å². The van der Waals surface area contributed by atoms with Crippen molar-refractivity contribution < 1.29 is 4.39 Å². The van der Waals surface area contributed by atoms with Crippen LogP contribution in [-0.2, 0) is 19.5 Å². The first-order valence-electron chi connectivity index (χ1n) is 10.5. The molecule has 2 aliphatic heterocycles. The Morgan fingerprint density at radius 3 is 2.47 bits per heavy atom. The molecule has 0 N–H and O–H groups in total. The highest BCUT2D eigenvalue weighted by atomic mass is 19.1. The van der Waals surface area contributed by atoms with Crippen LogP contribution >= 0.6 is 0 Å². The fraction of sp³-hybridized carbons (Fsp3) is 0.348. The van der Waals surface area contributed by atoms with E-state index in [4.69, 9.17) is 4.98 Å². The van der Waals surface area contributed by atoms with Gasteiger partial charge in [0, 0.05) is 70.2 Å². The van der Waals surface area contributed by atoms with Gasteiger partial charge in [0.25, 0.3) is 0 Å². The molecule has 154 valence electrons. The second kappa shape index (κ2) is 8.36. The van der Waals surface area contributed by atoms with Crippen molar-refractivity contribution in [3.63, 3.8) is 0 Å². The Bertz CT molecular complexity index is 1000. The lowest BCUT2D eigenvalue weighted by Gasteiger charge is -2.36. The minimum atomic E-state index is -0.161. The molecule has 30 heavy (non-hydrogen) atoms. The maximum Gasteiger partial charge on any atom is 0.225 e. The van der Waals surface area contributed by atoms with Gasteiger partial charge >= 0.3 is 0 Å². The van der Waals surface area contributed by atoms with Crippen molar-refractivity contribution in [1.29, 1.82) is 0 Å². The second-order valence-electron chi connectivity index (χ2n) is 7.85. The molecule has 6 nitrogen and oxygen atoms in total. The molecule has 0 bridgehead atoms. The molecule has 7 heteroatoms. The van der Waals surface area contributed by atoms with E-state index < -0.39 is 0 Å². The normalized spacial score (nSPS) is 17.1. The number of rotatable bonds is 4. The molecule has 0 aliphatic carbocycles. The van der Waals surface area contributed by atoms with Gasteiger partial charge in [-0.1, -0.05) is 18.2 Å². The summed E-state index contributed by atoms with van der Waals surface area (Å²) in [6.45, 7) is 5.78. The lowest BCUT2D eigenvalue weighted by Crippen LogP contribution is -2.47. The monoisotopic (exact) mass is 404 g/mol. The average Bonchev–Trinajstić information content (AvgIpc) is 2.80. The number of pyridine rings is 1. The summed E-state index contributed by atoms with van der Waals surface area (Å²) in [7, 11) is 0. The molecule has 1 aromatic carbocycles. The van der Waals surface area contributed by atoms with Crippen molar-refractivity contribution in [1.82, 2.24) is 19.9 Å². The summed E-state index contributed by atoms with van der Waals surface area (Å²) in [5.74, 6) is 0.631. The number of anilines is 2. The van der Waals surface area contributed by atoms with Gasteiger partial charge in [-0.25, -0.2) is 14.4 Å². The van der Waals surface area contributed by atoms with Crippen LogP contribution in [0.4, 0.5) is 16.0 Å². The zero-order valence-electron chi connectivity index (χ0n) is 16.9. The van der Waals surface area contributed by atoms with E-state index >= 15 is 0 Å². The van der Waals surface area contributed by atoms with E-state index in [-0.39, 0.29) is 5.82 Å². The van der Waals surface area contributed by atoms with Crippen LogP contribution in [0, 0.1) is 5.82 Å². The highest BCUT2D eigenvalue weighted by Gasteiger charge is 2.23. The van der Waals surface area contributed by atoms with E-state index in [0.717, 1.165) is 69.6 Å². The minimum absolute atomic E-state index is 0.161. The summed E-state index contributed by atoms with van der Waals surface area (Å²) >= 11 is 0. The largest absolute Gasteiger partial charge is 0.366 e. The third-order valence-corrected chi connectivity index (χ3v) is 5.87. The molecular weight excluding hydrogens is 379 g/mol. The fourth-order valence-corrected chi connectivity index (χ4v) is 4.23. The van der Waals surface area contributed by atoms with Gasteiger partial charge in [-0.3, -0.25) is 9.88 Å². The molecule has 1 saturated heterocycles. The van der Waals surface area contributed by atoms with E-state index in [1.807, 2.05) is 36.7 Å². The van der Waals surface area contributed by atoms with Crippen molar-refractivity contribution in [3.05, 3.63) is 77.6 Å². The zero-order valence-corrected chi connectivity index (χ0v) is 16.9. The topological polar surface area (TPSA) is 48.4 Å². The Morgan fingerprint density at radius 1 is 0.867 bits per heavy atom. The molecule has 5 rings (SSSR count). The Morgan fingerprint density at radius 2 is 1.67 bits per heavy atom. The number of para-hydroxylation sites is 1. The van der Waals surface area contributed by atoms with E-state index in [2.05, 4.69) is 30.7 Å². The highest BCUT2D eigenvalue weighted by molar-refractivity contribution is 5.49. The summed E-state index contributed by atoms with van der Waals surface area (Å²) in [5.41, 5.74) is 4.11. The van der Waals surface area contributed by atoms with Crippen molar-refractivity contribution in [2.75, 3.05) is 42.5 Å². The van der Waals surface area contributed by atoms with Gasteiger partial charge in [-0.2, -0.15) is 0 Å². The van der Waals surface area contributed by atoms with Crippen LogP contribution in [0.5, 0.6) is 0 Å². The summed E-state index contributed by atoms with van der Waals surface area (Å²) in [6.07, 6.45) is 4.74. The number of benzene rings is 1. The van der Waals surface area contributed by atoms with Gasteiger partial charge in [0.1, 0.15) is 5.82 Å². The molecular formula is C23H25FN6. The van der Waals surface area contributed by atoms with Crippen molar-refractivity contribution in [2.45, 2.75) is 19.5 Å². The SMILES string of the molecule is Fc1ccccc1N1CCN(c2ncc3c(n2)CCN(Cc2ccccn2)C3)CC1. The zero-order chi connectivity index (χ0) is 20.3. The van der Waals surface area contributed by atoms with Gasteiger partial charge < -0.3 is 9.80 Å². The number of fused-ring (bicyclic) bond motifs is 1. The molecule has 3 aromatic rings. The first-order valence-corrected chi connectivity index (χ1v) is 10.5. The molecule has 2 aliphatic rings. The quantitative estimate of drug-likeness (QED) is 0.667. The van der Waals surface area contributed by atoms with Gasteiger partial charge in [-0.05, 0) is 24.3 Å². The Kier molecular flexibility index (Phi) is 5.27. The Hall–Kier alpha value is -3.06. The first-order chi connectivity index (χ1) is 14.8. The molecule has 0 atom stereocenters. The van der Waals surface area contributed by atoms with Gasteiger partial charge in [0.15, 0.2) is 0 Å². The van der Waals surface area contributed by atoms with Crippen LogP contribution in [0.1, 0.15) is 17.0 Å². The first kappa shape index (κ1) is 18.9. The summed E-state index contributed by atoms with van der Waals surface area (Å²) in [4.78, 5) is 20.6. The molecule has 0 spiro atoms. The Balaban J connectivity index is 1.22. The van der Waals surface area contributed by atoms with E-state index in [1.165, 1.54) is 11.6 Å². The number of hydrogen-bond acceptors (Lipinski definition) is 6. The summed E-state index contributed by atoms with van der Waals surface area (Å²) in [5, 5.41) is 0. The number of halogens is 1. The number of piperazine rings is 1. The van der Waals surface area contributed by atoms with Crippen molar-refractivity contribution >= 4 is 11.6 Å². The lowest BCUT2D eigenvalue weighted by molar-refractivity contribution is 0.240. The molecule has 1 fully saturated rings. The predicted octanol–water partition coefficient (Wildman–Crippen LogP) is 2.90. The van der Waals surface area contributed by atoms with E-state index in [0.29, 0.717) is 5.69 Å². The van der Waals surface area contributed by atoms with Crippen LogP contribution < -0.4 is 9.80 Å². The van der Waals surface area contributed by atoms with Crippen LogP contribution in [-0.4, -0.2) is 52.6 Å². The van der Waals surface area contributed by atoms with Gasteiger partial charge in [-0.15, -0.1) is 0 Å². The van der Waals surface area contributed by atoms with Crippen LogP contribution in [0.2, 0.25) is 0 Å². The van der Waals surface area contributed by atoms with E-state index in [9.17, 15) is 4.39 Å². The predicted molar refractivity (Wildman–Crippen MR) is 115 cm³/mol. The maximum absolute atomic E-state index is 14.1. The number of nitrogens with zero attached hydrogens (tertiary/aromatic N) is 6. The van der Waals surface area contributed by atoms with Gasteiger partial charge in [0.05, 0.1) is 17.1 Å². The number of aromatic nitrogens is 3. The minimum Gasteiger partial charge on any atom is -0.366 e. The third kappa shape index (κ3) is 3.98. The van der Waals surface area contributed by atoms with Crippen molar-refractivity contribution in [3.8, 4) is 0 Å². The lowest BCUT2D eigenvalue weighted by atomic mass is 10.1. The molecule has 0 saturated carbocycles. The molecule has 0 amide bonds. The van der Waals surface area contributed by atoms with Crippen LogP contribution in [0.15, 0.2) is 54.9 Å². The molecule has 4 heterocycles. The average molecular weight is 404 g/mol. The smallest absolute Gasteiger partial charge is 0.225 e. The number of hydrogen-bond donors (Lipinski definition) is 0. The summed E-state index contributed by atoms with van der Waals surface area (Å²) in [6, 6.07) is 13.0. The Labute approximate surface area is 176 Å². The molecule has 0 unspecified atom stereocenters. The van der Waals surface area contributed by atoms with Crippen molar-refractivity contribution in [2.24, 2.45) is 0 Å². The fourth-order valence-electron chi connectivity index (χ4n) is 4.23.